The summed E-state index contributed by atoms with van der Waals surface area (Å²) in [5, 5.41) is 13.7. The van der Waals surface area contributed by atoms with E-state index in [9.17, 15) is 9.59 Å². The Morgan fingerprint density at radius 2 is 1.59 bits per heavy atom. The third kappa shape index (κ3) is 9.12. The summed E-state index contributed by atoms with van der Waals surface area (Å²) in [6.07, 6.45) is 0.913. The average molecular weight is 427 g/mol. The first-order chi connectivity index (χ1) is 13.2. The molecule has 0 aliphatic heterocycles. The zero-order valence-electron chi connectivity index (χ0n) is 15.0. The fraction of sp³-hybridized carbons (Fsp3) is 0.412. The first kappa shape index (κ1) is 21.5. The molecule has 2 N–H and O–H groups in total. The molecule has 1 aromatic carbocycles. The van der Waals surface area contributed by atoms with E-state index in [0.717, 1.165) is 16.5 Å². The van der Waals surface area contributed by atoms with Gasteiger partial charge in [-0.2, -0.15) is 0 Å². The average Bonchev–Trinajstić information content (AvgIpc) is 3.15. The molecule has 0 aliphatic carbocycles. The third-order valence-corrected chi connectivity index (χ3v) is 6.24. The van der Waals surface area contributed by atoms with Crippen molar-refractivity contribution >= 4 is 46.7 Å². The van der Waals surface area contributed by atoms with Crippen LogP contribution in [-0.2, 0) is 9.59 Å². The van der Waals surface area contributed by atoms with Crippen molar-refractivity contribution in [2.75, 3.05) is 31.2 Å². The largest absolute Gasteiger partial charge is 0.492 e. The standard InChI is InChI=1S/C17H22N4O3S3/c1-2-8-18-14(22)11-25-16-20-21-17(27-16)26-12-15(23)19-9-10-24-13-6-4-3-5-7-13/h3-7H,2,8-12H2,1H3,(H,18,22)(H,19,23). The van der Waals surface area contributed by atoms with E-state index in [1.54, 1.807) is 0 Å². The number of carbonyl (C=O) groups is 2. The van der Waals surface area contributed by atoms with Gasteiger partial charge >= 0.3 is 0 Å². The summed E-state index contributed by atoms with van der Waals surface area (Å²) in [5.41, 5.74) is 0. The van der Waals surface area contributed by atoms with Crippen molar-refractivity contribution in [3.63, 3.8) is 0 Å². The maximum atomic E-state index is 11.9. The summed E-state index contributed by atoms with van der Waals surface area (Å²) in [4.78, 5) is 23.4. The van der Waals surface area contributed by atoms with Gasteiger partial charge in [-0.3, -0.25) is 9.59 Å². The van der Waals surface area contributed by atoms with Crippen LogP contribution in [0.4, 0.5) is 0 Å². The predicted molar refractivity (Wildman–Crippen MR) is 110 cm³/mol. The number of ether oxygens (including phenoxy) is 1. The molecule has 146 valence electrons. The van der Waals surface area contributed by atoms with Gasteiger partial charge in [-0.25, -0.2) is 0 Å². The molecule has 2 aromatic rings. The van der Waals surface area contributed by atoms with Crippen LogP contribution in [0.1, 0.15) is 13.3 Å². The van der Waals surface area contributed by atoms with Crippen LogP contribution in [0.25, 0.3) is 0 Å². The summed E-state index contributed by atoms with van der Waals surface area (Å²) in [6.45, 7) is 3.55. The molecule has 0 unspecified atom stereocenters. The molecule has 0 spiro atoms. The van der Waals surface area contributed by atoms with E-state index in [-0.39, 0.29) is 17.6 Å². The van der Waals surface area contributed by atoms with Crippen molar-refractivity contribution in [1.29, 1.82) is 0 Å². The van der Waals surface area contributed by atoms with Gasteiger partial charge in [-0.05, 0) is 18.6 Å². The van der Waals surface area contributed by atoms with E-state index < -0.39 is 0 Å². The number of carbonyl (C=O) groups excluding carboxylic acids is 2. The minimum atomic E-state index is -0.0833. The number of hydrogen-bond acceptors (Lipinski definition) is 8. The number of benzene rings is 1. The van der Waals surface area contributed by atoms with E-state index in [1.165, 1.54) is 34.9 Å². The molecular formula is C17H22N4O3S3. The number of aromatic nitrogens is 2. The molecule has 0 fully saturated rings. The molecule has 1 heterocycles. The maximum absolute atomic E-state index is 11.9. The lowest BCUT2D eigenvalue weighted by atomic mass is 10.3. The van der Waals surface area contributed by atoms with E-state index >= 15 is 0 Å². The van der Waals surface area contributed by atoms with Gasteiger partial charge in [0, 0.05) is 6.54 Å². The van der Waals surface area contributed by atoms with E-state index in [1.807, 2.05) is 37.3 Å². The van der Waals surface area contributed by atoms with Crippen LogP contribution in [0.2, 0.25) is 0 Å². The Labute approximate surface area is 171 Å². The molecular weight excluding hydrogens is 404 g/mol. The molecule has 0 radical (unpaired) electrons. The minimum Gasteiger partial charge on any atom is -0.492 e. The Kier molecular flexibility index (Phi) is 10.0. The SMILES string of the molecule is CCCNC(=O)CSc1nnc(SCC(=O)NCCOc2ccccc2)s1. The molecule has 0 bridgehead atoms. The lowest BCUT2D eigenvalue weighted by Gasteiger charge is -2.07. The third-order valence-electron chi connectivity index (χ3n) is 3.05. The fourth-order valence-electron chi connectivity index (χ4n) is 1.81. The van der Waals surface area contributed by atoms with Crippen molar-refractivity contribution in [2.45, 2.75) is 22.0 Å². The number of amides is 2. The van der Waals surface area contributed by atoms with Gasteiger partial charge in [0.25, 0.3) is 0 Å². The van der Waals surface area contributed by atoms with Crippen LogP contribution in [0.15, 0.2) is 39.0 Å². The second-order valence-corrected chi connectivity index (χ2v) is 8.70. The Morgan fingerprint density at radius 1 is 1.00 bits per heavy atom. The van der Waals surface area contributed by atoms with E-state index in [0.29, 0.717) is 29.8 Å². The Hall–Kier alpha value is -1.78. The van der Waals surface area contributed by atoms with Gasteiger partial charge in [0.2, 0.25) is 11.8 Å². The van der Waals surface area contributed by atoms with Crippen molar-refractivity contribution in [1.82, 2.24) is 20.8 Å². The zero-order valence-corrected chi connectivity index (χ0v) is 17.4. The Morgan fingerprint density at radius 3 is 2.19 bits per heavy atom. The lowest BCUT2D eigenvalue weighted by Crippen LogP contribution is -2.29. The summed E-state index contributed by atoms with van der Waals surface area (Å²) in [7, 11) is 0. The lowest BCUT2D eigenvalue weighted by molar-refractivity contribution is -0.119. The molecule has 10 heteroatoms. The second-order valence-electron chi connectivity index (χ2n) is 5.27. The van der Waals surface area contributed by atoms with Crippen molar-refractivity contribution in [3.05, 3.63) is 30.3 Å². The van der Waals surface area contributed by atoms with Crippen LogP contribution in [-0.4, -0.2) is 53.2 Å². The minimum absolute atomic E-state index is 0.0108. The molecule has 1 aromatic heterocycles. The first-order valence-corrected chi connectivity index (χ1v) is 11.3. The van der Waals surface area contributed by atoms with Crippen LogP contribution in [0.3, 0.4) is 0 Å². The van der Waals surface area contributed by atoms with Gasteiger partial charge in [0.05, 0.1) is 18.1 Å². The zero-order chi connectivity index (χ0) is 19.3. The Balaban J connectivity index is 1.58. The highest BCUT2D eigenvalue weighted by Gasteiger charge is 2.10. The summed E-state index contributed by atoms with van der Waals surface area (Å²) in [5.74, 6) is 1.27. The molecule has 0 saturated heterocycles. The number of nitrogens with zero attached hydrogens (tertiary/aromatic N) is 2. The normalized spacial score (nSPS) is 10.4. The monoisotopic (exact) mass is 426 g/mol. The summed E-state index contributed by atoms with van der Waals surface area (Å²) in [6, 6.07) is 9.46. The number of hydrogen-bond donors (Lipinski definition) is 2. The summed E-state index contributed by atoms with van der Waals surface area (Å²) >= 11 is 4.07. The highest BCUT2D eigenvalue weighted by atomic mass is 32.2. The number of thioether (sulfide) groups is 2. The molecule has 0 saturated carbocycles. The number of rotatable bonds is 12. The Bertz CT molecular complexity index is 712. The van der Waals surface area contributed by atoms with E-state index in [4.69, 9.17) is 4.74 Å². The topological polar surface area (TPSA) is 93.2 Å². The van der Waals surface area contributed by atoms with Gasteiger partial charge in [0.15, 0.2) is 8.68 Å². The highest BCUT2D eigenvalue weighted by molar-refractivity contribution is 8.03. The first-order valence-electron chi connectivity index (χ1n) is 8.47. The predicted octanol–water partition coefficient (Wildman–Crippen LogP) is 2.44. The van der Waals surface area contributed by atoms with Crippen molar-refractivity contribution < 1.29 is 14.3 Å². The van der Waals surface area contributed by atoms with Crippen LogP contribution >= 0.6 is 34.9 Å². The number of para-hydroxylation sites is 1. The molecule has 0 atom stereocenters. The van der Waals surface area contributed by atoms with Gasteiger partial charge in [-0.15, -0.1) is 10.2 Å². The van der Waals surface area contributed by atoms with Crippen LogP contribution in [0.5, 0.6) is 5.75 Å². The molecule has 2 rings (SSSR count). The van der Waals surface area contributed by atoms with Gasteiger partial charge in [-0.1, -0.05) is 60.0 Å². The van der Waals surface area contributed by atoms with Crippen molar-refractivity contribution in [2.24, 2.45) is 0 Å². The smallest absolute Gasteiger partial charge is 0.230 e. The molecule has 2 amide bonds. The van der Waals surface area contributed by atoms with Gasteiger partial charge < -0.3 is 15.4 Å². The summed E-state index contributed by atoms with van der Waals surface area (Å²) < 4.78 is 6.95. The fourth-order valence-corrected chi connectivity index (χ4v) is 4.49. The van der Waals surface area contributed by atoms with Crippen LogP contribution in [0, 0.1) is 0 Å². The quantitative estimate of drug-likeness (QED) is 0.398. The van der Waals surface area contributed by atoms with E-state index in [2.05, 4.69) is 20.8 Å². The van der Waals surface area contributed by atoms with Crippen LogP contribution < -0.4 is 15.4 Å². The number of nitrogens with one attached hydrogen (secondary N) is 2. The van der Waals surface area contributed by atoms with Crippen molar-refractivity contribution in [3.8, 4) is 5.75 Å². The maximum Gasteiger partial charge on any atom is 0.230 e. The molecule has 0 aliphatic rings. The molecule has 27 heavy (non-hydrogen) atoms. The molecule has 7 nitrogen and oxygen atoms in total. The highest BCUT2D eigenvalue weighted by Crippen LogP contribution is 2.28. The second kappa shape index (κ2) is 12.6. The van der Waals surface area contributed by atoms with Gasteiger partial charge in [0.1, 0.15) is 12.4 Å².